The van der Waals surface area contributed by atoms with Crippen molar-refractivity contribution in [2.24, 2.45) is 5.92 Å². The molecule has 1 aliphatic carbocycles. The molecule has 0 aromatic heterocycles. The summed E-state index contributed by atoms with van der Waals surface area (Å²) in [4.78, 5) is 14.7. The summed E-state index contributed by atoms with van der Waals surface area (Å²) in [7, 11) is -1.87. The van der Waals surface area contributed by atoms with E-state index in [0.717, 1.165) is 6.26 Å². The van der Waals surface area contributed by atoms with Gasteiger partial charge < -0.3 is 20.4 Å². The van der Waals surface area contributed by atoms with E-state index < -0.39 is 39.6 Å². The number of fused-ring (bicyclic) bond motifs is 2. The predicted molar refractivity (Wildman–Crippen MR) is 125 cm³/mol. The number of benzene rings is 1. The molecule has 2 atom stereocenters. The number of hydrogen-bond acceptors (Lipinski definition) is 6. The number of ether oxygens (including phenoxy) is 1. The van der Waals surface area contributed by atoms with Crippen LogP contribution in [0.15, 0.2) is 30.5 Å². The van der Waals surface area contributed by atoms with E-state index in [1.165, 1.54) is 12.1 Å². The summed E-state index contributed by atoms with van der Waals surface area (Å²) < 4.78 is 47.9. The SMILES string of the molecule is CN/C=C\C(=N)c1cccc(C[C@H]2[C@@H](NS(C)(=O)=O)C3CC(C3)N2C(=O)OC(C)(C)C)c1F. The first-order chi connectivity index (χ1) is 15.3. The average Bonchev–Trinajstić information content (AvgIpc) is 2.64. The summed E-state index contributed by atoms with van der Waals surface area (Å²) in [5.74, 6) is -0.485. The van der Waals surface area contributed by atoms with Gasteiger partial charge >= 0.3 is 6.09 Å². The molecular weight excluding hydrogens is 447 g/mol. The van der Waals surface area contributed by atoms with Crippen molar-refractivity contribution >= 4 is 21.8 Å². The smallest absolute Gasteiger partial charge is 0.410 e. The maximum absolute atomic E-state index is 15.4. The van der Waals surface area contributed by atoms with Gasteiger partial charge in [-0.05, 0) is 69.9 Å². The van der Waals surface area contributed by atoms with E-state index in [0.29, 0.717) is 18.4 Å². The van der Waals surface area contributed by atoms with Crippen LogP contribution in [-0.4, -0.2) is 62.2 Å². The van der Waals surface area contributed by atoms with Gasteiger partial charge in [-0.15, -0.1) is 0 Å². The number of hydrogen-bond donors (Lipinski definition) is 3. The quantitative estimate of drug-likeness (QED) is 0.520. The lowest BCUT2D eigenvalue weighted by atomic mass is 9.67. The minimum Gasteiger partial charge on any atom is -0.444 e. The predicted octanol–water partition coefficient (Wildman–Crippen LogP) is 2.78. The second-order valence-electron chi connectivity index (χ2n) is 9.77. The summed E-state index contributed by atoms with van der Waals surface area (Å²) in [5.41, 5.74) is -0.265. The molecule has 0 unspecified atom stereocenters. The van der Waals surface area contributed by atoms with Crippen molar-refractivity contribution < 1.29 is 22.3 Å². The molecule has 2 aliphatic heterocycles. The summed E-state index contributed by atoms with van der Waals surface area (Å²) in [6.07, 6.45) is 5.00. The number of nitrogens with zero attached hydrogens (tertiary/aromatic N) is 1. The Kier molecular flexibility index (Phi) is 7.18. The maximum Gasteiger partial charge on any atom is 0.410 e. The molecule has 2 heterocycles. The molecule has 2 saturated heterocycles. The third kappa shape index (κ3) is 5.92. The summed E-state index contributed by atoms with van der Waals surface area (Å²) in [6, 6.07) is 3.56. The number of piperidine rings is 2. The largest absolute Gasteiger partial charge is 0.444 e. The molecule has 2 bridgehead atoms. The van der Waals surface area contributed by atoms with Crippen LogP contribution in [0.3, 0.4) is 0 Å². The number of sulfonamides is 1. The van der Waals surface area contributed by atoms with Crippen molar-refractivity contribution in [2.75, 3.05) is 13.3 Å². The van der Waals surface area contributed by atoms with Gasteiger partial charge in [0.25, 0.3) is 0 Å². The van der Waals surface area contributed by atoms with Gasteiger partial charge in [0.2, 0.25) is 10.0 Å². The first-order valence-electron chi connectivity index (χ1n) is 11.0. The third-order valence-corrected chi connectivity index (χ3v) is 6.69. The standard InChI is InChI=1S/C23H33FN4O4S/c1-23(2,3)32-22(29)28-16-11-15(12-16)21(27-33(5,30)31)19(28)13-14-7-6-8-17(20(14)24)18(25)9-10-26-4/h6-10,15-16,19,21,25-27H,11-13H2,1-5H3/b10-9-,25-18?/t15?,16?,19-,21-/m0/s1. The van der Waals surface area contributed by atoms with Gasteiger partial charge in [-0.1, -0.05) is 12.1 Å². The molecular formula is C23H33FN4O4S. The average molecular weight is 481 g/mol. The Morgan fingerprint density at radius 3 is 2.58 bits per heavy atom. The number of amides is 1. The van der Waals surface area contributed by atoms with Gasteiger partial charge in [0.05, 0.1) is 18.0 Å². The molecule has 0 radical (unpaired) electrons. The maximum atomic E-state index is 15.4. The lowest BCUT2D eigenvalue weighted by molar-refractivity contribution is -0.0652. The van der Waals surface area contributed by atoms with E-state index in [1.54, 1.807) is 51.1 Å². The lowest BCUT2D eigenvalue weighted by Gasteiger charge is -2.57. The van der Waals surface area contributed by atoms with Crippen LogP contribution in [0.4, 0.5) is 9.18 Å². The molecule has 4 rings (SSSR count). The van der Waals surface area contributed by atoms with Crippen molar-refractivity contribution in [3.8, 4) is 0 Å². The van der Waals surface area contributed by atoms with Gasteiger partial charge in [0, 0.05) is 24.7 Å². The van der Waals surface area contributed by atoms with Crippen LogP contribution >= 0.6 is 0 Å². The summed E-state index contributed by atoms with van der Waals surface area (Å²) in [5, 5.41) is 10.9. The number of carbonyl (C=O) groups is 1. The highest BCUT2D eigenvalue weighted by Crippen LogP contribution is 2.44. The van der Waals surface area contributed by atoms with Crippen molar-refractivity contribution in [1.82, 2.24) is 14.9 Å². The number of carbonyl (C=O) groups excluding carboxylic acids is 1. The van der Waals surface area contributed by atoms with Crippen LogP contribution < -0.4 is 10.0 Å². The molecule has 3 fully saturated rings. The molecule has 3 N–H and O–H groups in total. The van der Waals surface area contributed by atoms with E-state index in [-0.39, 0.29) is 29.7 Å². The fourth-order valence-corrected chi connectivity index (χ4v) is 5.43. The van der Waals surface area contributed by atoms with Gasteiger partial charge in [0.15, 0.2) is 0 Å². The van der Waals surface area contributed by atoms with Crippen LogP contribution in [-0.2, 0) is 21.2 Å². The molecule has 10 heteroatoms. The van der Waals surface area contributed by atoms with Crippen LogP contribution in [0, 0.1) is 17.1 Å². The Labute approximate surface area is 195 Å². The topological polar surface area (TPSA) is 112 Å². The first kappa shape index (κ1) is 25.2. The Bertz CT molecular complexity index is 1050. The molecule has 1 aromatic rings. The first-order valence-corrected chi connectivity index (χ1v) is 12.9. The molecule has 33 heavy (non-hydrogen) atoms. The molecule has 1 aromatic carbocycles. The fourth-order valence-electron chi connectivity index (χ4n) is 4.58. The second kappa shape index (κ2) is 9.42. The van der Waals surface area contributed by atoms with Gasteiger partial charge in [0.1, 0.15) is 11.4 Å². The van der Waals surface area contributed by atoms with Gasteiger partial charge in [-0.25, -0.2) is 22.3 Å². The minimum absolute atomic E-state index is 0.00463. The number of allylic oxidation sites excluding steroid dienone is 1. The summed E-state index contributed by atoms with van der Waals surface area (Å²) in [6.45, 7) is 5.31. The normalized spacial score (nSPS) is 25.0. The molecule has 3 aliphatic rings. The van der Waals surface area contributed by atoms with Crippen LogP contribution in [0.25, 0.3) is 0 Å². The van der Waals surface area contributed by atoms with E-state index in [9.17, 15) is 13.2 Å². The molecule has 0 spiro atoms. The van der Waals surface area contributed by atoms with E-state index in [4.69, 9.17) is 10.1 Å². The Morgan fingerprint density at radius 2 is 2.00 bits per heavy atom. The van der Waals surface area contributed by atoms with E-state index in [1.807, 2.05) is 0 Å². The number of nitrogens with one attached hydrogen (secondary N) is 3. The van der Waals surface area contributed by atoms with Crippen molar-refractivity contribution in [3.63, 3.8) is 0 Å². The van der Waals surface area contributed by atoms with Gasteiger partial charge in [-0.2, -0.15) is 0 Å². The molecule has 182 valence electrons. The molecule has 1 amide bonds. The number of halogens is 1. The molecule has 8 nitrogen and oxygen atoms in total. The highest BCUT2D eigenvalue weighted by Gasteiger charge is 2.54. The Morgan fingerprint density at radius 1 is 1.33 bits per heavy atom. The van der Waals surface area contributed by atoms with Crippen molar-refractivity contribution in [2.45, 2.75) is 63.8 Å². The second-order valence-corrected chi connectivity index (χ2v) is 11.6. The zero-order valence-electron chi connectivity index (χ0n) is 19.7. The van der Waals surface area contributed by atoms with E-state index in [2.05, 4.69) is 10.0 Å². The Balaban J connectivity index is 1.97. The highest BCUT2D eigenvalue weighted by atomic mass is 32.2. The van der Waals surface area contributed by atoms with Crippen molar-refractivity contribution in [1.29, 1.82) is 5.41 Å². The monoisotopic (exact) mass is 480 g/mol. The lowest BCUT2D eigenvalue weighted by Crippen LogP contribution is -2.70. The minimum atomic E-state index is -3.56. The summed E-state index contributed by atoms with van der Waals surface area (Å²) >= 11 is 0. The van der Waals surface area contributed by atoms with Crippen LogP contribution in [0.2, 0.25) is 0 Å². The van der Waals surface area contributed by atoms with Crippen LogP contribution in [0.5, 0.6) is 0 Å². The Hall–Kier alpha value is -2.46. The third-order valence-electron chi connectivity index (χ3n) is 5.99. The van der Waals surface area contributed by atoms with Crippen molar-refractivity contribution in [3.05, 3.63) is 47.4 Å². The molecule has 1 saturated carbocycles. The zero-order chi connectivity index (χ0) is 24.6. The fraction of sp³-hybridized carbons (Fsp3) is 0.565. The van der Waals surface area contributed by atoms with E-state index >= 15 is 4.39 Å². The van der Waals surface area contributed by atoms with Crippen LogP contribution in [0.1, 0.15) is 44.7 Å². The van der Waals surface area contributed by atoms with Gasteiger partial charge in [-0.3, -0.25) is 0 Å². The number of rotatable bonds is 7. The highest BCUT2D eigenvalue weighted by molar-refractivity contribution is 7.88. The zero-order valence-corrected chi connectivity index (χ0v) is 20.5.